The molecular weight excluding hydrogens is 410 g/mol. The predicted molar refractivity (Wildman–Crippen MR) is 134 cm³/mol. The number of nitrogens with two attached hydrogens (primary N) is 1. The molecule has 0 aliphatic rings. The third-order valence-electron chi connectivity index (χ3n) is 5.92. The zero-order chi connectivity index (χ0) is 23.4. The topological polar surface area (TPSA) is 68.5 Å². The number of rotatable bonds is 7. The van der Waals surface area contributed by atoms with Crippen LogP contribution < -0.4 is 10.5 Å². The van der Waals surface area contributed by atoms with Crippen molar-refractivity contribution in [2.75, 3.05) is 19.4 Å². The summed E-state index contributed by atoms with van der Waals surface area (Å²) >= 11 is 0. The van der Waals surface area contributed by atoms with Crippen molar-refractivity contribution < 1.29 is 9.53 Å². The average molecular weight is 440 g/mol. The van der Waals surface area contributed by atoms with Crippen LogP contribution in [0.5, 0.6) is 5.75 Å². The van der Waals surface area contributed by atoms with Gasteiger partial charge in [-0.05, 0) is 59.7 Å². The van der Waals surface area contributed by atoms with Gasteiger partial charge in [0.15, 0.2) is 0 Å². The van der Waals surface area contributed by atoms with Crippen LogP contribution in [-0.2, 0) is 6.54 Å². The second kappa shape index (κ2) is 9.74. The molecule has 0 saturated heterocycles. The van der Waals surface area contributed by atoms with Crippen molar-refractivity contribution in [3.05, 3.63) is 89.6 Å². The molecule has 0 spiro atoms. The molecule has 4 rings (SSSR count). The molecule has 1 aromatic heterocycles. The third-order valence-corrected chi connectivity index (χ3v) is 5.92. The summed E-state index contributed by atoms with van der Waals surface area (Å²) in [7, 11) is 1.62. The van der Waals surface area contributed by atoms with Crippen LogP contribution in [-0.4, -0.2) is 29.4 Å². The van der Waals surface area contributed by atoms with Crippen molar-refractivity contribution in [1.82, 2.24) is 9.88 Å². The summed E-state index contributed by atoms with van der Waals surface area (Å²) in [6.07, 6.45) is 2.64. The average Bonchev–Trinajstić information content (AvgIpc) is 2.84. The maximum Gasteiger partial charge on any atom is 0.257 e. The van der Waals surface area contributed by atoms with Crippen LogP contribution in [0, 0.1) is 6.92 Å². The highest BCUT2D eigenvalue weighted by atomic mass is 16.5. The summed E-state index contributed by atoms with van der Waals surface area (Å²) in [6.45, 7) is 5.33. The molecule has 1 heterocycles. The lowest BCUT2D eigenvalue weighted by Gasteiger charge is -2.25. The number of methoxy groups -OCH3 is 1. The van der Waals surface area contributed by atoms with E-state index in [-0.39, 0.29) is 5.91 Å². The Morgan fingerprint density at radius 3 is 2.55 bits per heavy atom. The van der Waals surface area contributed by atoms with Gasteiger partial charge in [-0.2, -0.15) is 0 Å². The first-order valence-corrected chi connectivity index (χ1v) is 11.2. The van der Waals surface area contributed by atoms with Crippen molar-refractivity contribution in [3.8, 4) is 16.9 Å². The zero-order valence-corrected chi connectivity index (χ0v) is 19.3. The lowest BCUT2D eigenvalue weighted by atomic mass is 9.99. The van der Waals surface area contributed by atoms with E-state index in [9.17, 15) is 4.79 Å². The summed E-state index contributed by atoms with van der Waals surface area (Å²) in [5.74, 6) is 1.09. The van der Waals surface area contributed by atoms with Gasteiger partial charge < -0.3 is 15.4 Å². The number of amides is 1. The van der Waals surface area contributed by atoms with Gasteiger partial charge in [0, 0.05) is 30.2 Å². The molecule has 168 valence electrons. The van der Waals surface area contributed by atoms with Gasteiger partial charge in [-0.15, -0.1) is 0 Å². The molecule has 0 fully saturated rings. The monoisotopic (exact) mass is 439 g/mol. The van der Waals surface area contributed by atoms with Crippen LogP contribution >= 0.6 is 0 Å². The van der Waals surface area contributed by atoms with Crippen molar-refractivity contribution in [2.24, 2.45) is 0 Å². The van der Waals surface area contributed by atoms with E-state index in [1.807, 2.05) is 47.4 Å². The van der Waals surface area contributed by atoms with E-state index in [2.05, 4.69) is 37.0 Å². The number of ether oxygens (including phenoxy) is 1. The van der Waals surface area contributed by atoms with Gasteiger partial charge in [0.25, 0.3) is 5.91 Å². The fourth-order valence-electron chi connectivity index (χ4n) is 4.13. The molecule has 0 radical (unpaired) electrons. The van der Waals surface area contributed by atoms with Crippen LogP contribution in [0.25, 0.3) is 21.9 Å². The smallest absolute Gasteiger partial charge is 0.257 e. The SMILES string of the molecule is CCCN(Cc1cc(-c2ccc(N)nc2)ccc1C)C(=O)c1ccc2ccccc2c1OC. The number of hydrogen-bond donors (Lipinski definition) is 1. The molecule has 4 aromatic rings. The van der Waals surface area contributed by atoms with Crippen LogP contribution in [0.15, 0.2) is 72.9 Å². The molecule has 0 aliphatic heterocycles. The second-order valence-electron chi connectivity index (χ2n) is 8.21. The molecule has 5 nitrogen and oxygen atoms in total. The Balaban J connectivity index is 1.69. The number of benzene rings is 3. The number of pyridine rings is 1. The predicted octanol–water partition coefficient (Wildman–Crippen LogP) is 5.85. The van der Waals surface area contributed by atoms with Crippen molar-refractivity contribution in [2.45, 2.75) is 26.8 Å². The normalized spacial score (nSPS) is 10.9. The lowest BCUT2D eigenvalue weighted by Crippen LogP contribution is -2.32. The van der Waals surface area contributed by atoms with Crippen LogP contribution in [0.4, 0.5) is 5.82 Å². The van der Waals surface area contributed by atoms with E-state index in [1.54, 1.807) is 19.4 Å². The number of hydrogen-bond acceptors (Lipinski definition) is 4. The molecule has 0 atom stereocenters. The highest BCUT2D eigenvalue weighted by molar-refractivity contribution is 6.03. The molecule has 33 heavy (non-hydrogen) atoms. The quantitative estimate of drug-likeness (QED) is 0.392. The number of fused-ring (bicyclic) bond motifs is 1. The third kappa shape index (κ3) is 4.67. The molecule has 5 heteroatoms. The fraction of sp³-hybridized carbons (Fsp3) is 0.214. The lowest BCUT2D eigenvalue weighted by molar-refractivity contribution is 0.0740. The van der Waals surface area contributed by atoms with Gasteiger partial charge >= 0.3 is 0 Å². The number of nitrogen functional groups attached to an aromatic ring is 1. The summed E-state index contributed by atoms with van der Waals surface area (Å²) in [5.41, 5.74) is 10.6. The Hall–Kier alpha value is -3.86. The minimum Gasteiger partial charge on any atom is -0.495 e. The van der Waals surface area contributed by atoms with Crippen molar-refractivity contribution in [1.29, 1.82) is 0 Å². The molecule has 3 aromatic carbocycles. The first-order chi connectivity index (χ1) is 16.0. The van der Waals surface area contributed by atoms with Gasteiger partial charge in [-0.1, -0.05) is 49.4 Å². The molecule has 0 aliphatic carbocycles. The molecule has 0 unspecified atom stereocenters. The highest BCUT2D eigenvalue weighted by Crippen LogP contribution is 2.31. The first kappa shape index (κ1) is 22.3. The Labute approximate surface area is 194 Å². The van der Waals surface area contributed by atoms with Gasteiger partial charge in [-0.25, -0.2) is 4.98 Å². The van der Waals surface area contributed by atoms with E-state index < -0.39 is 0 Å². The molecule has 1 amide bonds. The number of anilines is 1. The summed E-state index contributed by atoms with van der Waals surface area (Å²) < 4.78 is 5.70. The van der Waals surface area contributed by atoms with Gasteiger partial charge in [0.1, 0.15) is 11.6 Å². The molecule has 0 bridgehead atoms. The maximum atomic E-state index is 13.7. The largest absolute Gasteiger partial charge is 0.495 e. The van der Waals surface area contributed by atoms with Gasteiger partial charge in [0.05, 0.1) is 12.7 Å². The zero-order valence-electron chi connectivity index (χ0n) is 19.3. The highest BCUT2D eigenvalue weighted by Gasteiger charge is 2.21. The fourth-order valence-corrected chi connectivity index (χ4v) is 4.13. The van der Waals surface area contributed by atoms with Crippen LogP contribution in [0.3, 0.4) is 0 Å². The number of aromatic nitrogens is 1. The van der Waals surface area contributed by atoms with Gasteiger partial charge in [-0.3, -0.25) is 4.79 Å². The number of nitrogens with zero attached hydrogens (tertiary/aromatic N) is 2. The van der Waals surface area contributed by atoms with Crippen LogP contribution in [0.2, 0.25) is 0 Å². The van der Waals surface area contributed by atoms with E-state index in [1.165, 1.54) is 0 Å². The number of carbonyl (C=O) groups excluding carboxylic acids is 1. The van der Waals surface area contributed by atoms with E-state index >= 15 is 0 Å². The standard InChI is InChI=1S/C28H29N3O2/c1-4-15-31(28(32)25-13-11-20-7-5-6-8-24(20)27(25)33-3)18-23-16-21(10-9-19(23)2)22-12-14-26(29)30-17-22/h5-14,16-17H,4,15,18H2,1-3H3,(H2,29,30). The summed E-state index contributed by atoms with van der Waals surface area (Å²) in [5, 5.41) is 1.99. The summed E-state index contributed by atoms with van der Waals surface area (Å²) in [6, 6.07) is 21.9. The van der Waals surface area contributed by atoms with E-state index in [0.717, 1.165) is 39.4 Å². The summed E-state index contributed by atoms with van der Waals surface area (Å²) in [4.78, 5) is 19.8. The Bertz CT molecular complexity index is 1280. The van der Waals surface area contributed by atoms with Crippen molar-refractivity contribution in [3.63, 3.8) is 0 Å². The number of aryl methyl sites for hydroxylation is 1. The molecule has 2 N–H and O–H groups in total. The molecule has 0 saturated carbocycles. The van der Waals surface area contributed by atoms with Crippen LogP contribution in [0.1, 0.15) is 34.8 Å². The molecular formula is C28H29N3O2. The van der Waals surface area contributed by atoms with Gasteiger partial charge in [0.2, 0.25) is 0 Å². The minimum atomic E-state index is -0.0293. The second-order valence-corrected chi connectivity index (χ2v) is 8.21. The first-order valence-electron chi connectivity index (χ1n) is 11.2. The van der Waals surface area contributed by atoms with E-state index in [4.69, 9.17) is 10.5 Å². The minimum absolute atomic E-state index is 0.0293. The number of carbonyl (C=O) groups is 1. The van der Waals surface area contributed by atoms with Crippen molar-refractivity contribution >= 4 is 22.5 Å². The Kier molecular flexibility index (Phi) is 6.59. The van der Waals surface area contributed by atoms with E-state index in [0.29, 0.717) is 30.2 Å². The maximum absolute atomic E-state index is 13.7. The Morgan fingerprint density at radius 1 is 1.03 bits per heavy atom. The Morgan fingerprint density at radius 2 is 1.82 bits per heavy atom.